The van der Waals surface area contributed by atoms with Crippen molar-refractivity contribution in [2.45, 2.75) is 0 Å². The molecule has 0 aliphatic carbocycles. The summed E-state index contributed by atoms with van der Waals surface area (Å²) in [5.41, 5.74) is 9.05. The van der Waals surface area contributed by atoms with Crippen molar-refractivity contribution in [1.29, 1.82) is 5.26 Å². The lowest BCUT2D eigenvalue weighted by Gasteiger charge is -2.12. The topological polar surface area (TPSA) is 71.9 Å². The second kappa shape index (κ2) is 7.02. The van der Waals surface area contributed by atoms with Gasteiger partial charge in [-0.25, -0.2) is 4.98 Å². The van der Waals surface area contributed by atoms with Crippen LogP contribution in [-0.2, 0) is 0 Å². The van der Waals surface area contributed by atoms with Crippen molar-refractivity contribution in [1.82, 2.24) is 4.98 Å². The molecule has 2 N–H and O–H groups in total. The molecular formula is C19H13Cl2N3O. The average molecular weight is 370 g/mol. The zero-order valence-corrected chi connectivity index (χ0v) is 14.8. The molecule has 0 spiro atoms. The van der Waals surface area contributed by atoms with Gasteiger partial charge in [0.05, 0.1) is 17.8 Å². The number of methoxy groups -OCH3 is 1. The maximum absolute atomic E-state index is 9.49. The summed E-state index contributed by atoms with van der Waals surface area (Å²) in [6.45, 7) is 0. The minimum atomic E-state index is 0.142. The molecule has 0 radical (unpaired) electrons. The number of nitrogens with two attached hydrogens (primary N) is 1. The smallest absolute Gasteiger partial charge is 0.142 e. The molecule has 0 amide bonds. The van der Waals surface area contributed by atoms with Crippen molar-refractivity contribution in [2.75, 3.05) is 12.8 Å². The molecule has 0 unspecified atom stereocenters. The lowest BCUT2D eigenvalue weighted by molar-refractivity contribution is 0.415. The predicted molar refractivity (Wildman–Crippen MR) is 101 cm³/mol. The van der Waals surface area contributed by atoms with Crippen LogP contribution in [0.15, 0.2) is 48.5 Å². The number of benzene rings is 2. The predicted octanol–water partition coefficient (Wildman–Crippen LogP) is 5.18. The largest absolute Gasteiger partial charge is 0.497 e. The van der Waals surface area contributed by atoms with Crippen LogP contribution in [-0.4, -0.2) is 12.1 Å². The molecular weight excluding hydrogens is 357 g/mol. The van der Waals surface area contributed by atoms with Crippen molar-refractivity contribution < 1.29 is 4.74 Å². The first kappa shape index (κ1) is 17.1. The van der Waals surface area contributed by atoms with E-state index >= 15 is 0 Å². The van der Waals surface area contributed by atoms with Gasteiger partial charge in [0.25, 0.3) is 0 Å². The molecule has 3 aromatic rings. The number of ether oxygens (including phenoxy) is 1. The standard InChI is InChI=1S/C19H13Cl2N3O/c1-25-13-4-2-3-11(7-13)15-9-18(24-19(23)16(15)10-22)14-6-5-12(20)8-17(14)21/h2-9H,1H3,(H2,23,24). The summed E-state index contributed by atoms with van der Waals surface area (Å²) >= 11 is 12.2. The Hall–Kier alpha value is -2.74. The minimum absolute atomic E-state index is 0.142. The van der Waals surface area contributed by atoms with E-state index in [1.54, 1.807) is 31.4 Å². The van der Waals surface area contributed by atoms with Gasteiger partial charge in [-0.2, -0.15) is 5.26 Å². The Morgan fingerprint density at radius 2 is 1.88 bits per heavy atom. The van der Waals surface area contributed by atoms with Crippen LogP contribution in [0.1, 0.15) is 5.56 Å². The molecule has 0 saturated heterocycles. The van der Waals surface area contributed by atoms with E-state index in [-0.39, 0.29) is 5.82 Å². The highest BCUT2D eigenvalue weighted by Gasteiger charge is 2.15. The summed E-state index contributed by atoms with van der Waals surface area (Å²) in [6, 6.07) is 16.4. The van der Waals surface area contributed by atoms with Gasteiger partial charge in [-0.1, -0.05) is 35.3 Å². The first-order chi connectivity index (χ1) is 12.0. The van der Waals surface area contributed by atoms with Crippen LogP contribution in [0, 0.1) is 11.3 Å². The number of nitrogen functional groups attached to an aromatic ring is 1. The molecule has 0 aliphatic heterocycles. The van der Waals surface area contributed by atoms with Crippen LogP contribution in [0.2, 0.25) is 10.0 Å². The zero-order chi connectivity index (χ0) is 18.0. The monoisotopic (exact) mass is 369 g/mol. The average Bonchev–Trinajstić information content (AvgIpc) is 2.61. The number of nitriles is 1. The fourth-order valence-corrected chi connectivity index (χ4v) is 3.04. The molecule has 124 valence electrons. The Balaban J connectivity index is 2.24. The Morgan fingerprint density at radius 3 is 2.56 bits per heavy atom. The number of nitrogens with zero attached hydrogens (tertiary/aromatic N) is 2. The van der Waals surface area contributed by atoms with Crippen LogP contribution in [0.3, 0.4) is 0 Å². The van der Waals surface area contributed by atoms with Gasteiger partial charge >= 0.3 is 0 Å². The molecule has 0 saturated carbocycles. The highest BCUT2D eigenvalue weighted by molar-refractivity contribution is 6.36. The lowest BCUT2D eigenvalue weighted by Crippen LogP contribution is -2.00. The number of halogens is 2. The second-order valence-electron chi connectivity index (χ2n) is 5.28. The molecule has 3 rings (SSSR count). The van der Waals surface area contributed by atoms with Crippen LogP contribution in [0.5, 0.6) is 5.75 Å². The quantitative estimate of drug-likeness (QED) is 0.689. The van der Waals surface area contributed by atoms with Crippen LogP contribution in [0.25, 0.3) is 22.4 Å². The third-order valence-electron chi connectivity index (χ3n) is 3.75. The zero-order valence-electron chi connectivity index (χ0n) is 13.3. The molecule has 4 nitrogen and oxygen atoms in total. The fourth-order valence-electron chi connectivity index (χ4n) is 2.54. The minimum Gasteiger partial charge on any atom is -0.497 e. The maximum atomic E-state index is 9.49. The van der Waals surface area contributed by atoms with Gasteiger partial charge in [0, 0.05) is 16.1 Å². The van der Waals surface area contributed by atoms with E-state index in [0.29, 0.717) is 38.2 Å². The molecule has 0 bridgehead atoms. The van der Waals surface area contributed by atoms with Gasteiger partial charge in [-0.05, 0) is 42.0 Å². The van der Waals surface area contributed by atoms with Crippen molar-refractivity contribution in [3.05, 3.63) is 64.1 Å². The summed E-state index contributed by atoms with van der Waals surface area (Å²) in [6.07, 6.45) is 0. The Bertz CT molecular complexity index is 996. The van der Waals surface area contributed by atoms with Crippen LogP contribution >= 0.6 is 23.2 Å². The Kier molecular flexibility index (Phi) is 4.80. The van der Waals surface area contributed by atoms with Gasteiger partial charge in [0.15, 0.2) is 0 Å². The lowest BCUT2D eigenvalue weighted by atomic mass is 9.98. The molecule has 0 aliphatic rings. The number of aromatic nitrogens is 1. The fraction of sp³-hybridized carbons (Fsp3) is 0.0526. The van der Waals surface area contributed by atoms with E-state index in [4.69, 9.17) is 33.7 Å². The van der Waals surface area contributed by atoms with E-state index in [2.05, 4.69) is 11.1 Å². The first-order valence-electron chi connectivity index (χ1n) is 7.34. The summed E-state index contributed by atoms with van der Waals surface area (Å²) in [7, 11) is 1.59. The van der Waals surface area contributed by atoms with Crippen molar-refractivity contribution >= 4 is 29.0 Å². The molecule has 1 aromatic heterocycles. The second-order valence-corrected chi connectivity index (χ2v) is 6.13. The van der Waals surface area contributed by atoms with E-state index in [0.717, 1.165) is 5.56 Å². The third-order valence-corrected chi connectivity index (χ3v) is 4.29. The normalized spacial score (nSPS) is 10.3. The van der Waals surface area contributed by atoms with Crippen molar-refractivity contribution in [2.24, 2.45) is 0 Å². The van der Waals surface area contributed by atoms with E-state index in [1.807, 2.05) is 24.3 Å². The summed E-state index contributed by atoms with van der Waals surface area (Å²) in [5.74, 6) is 0.826. The highest BCUT2D eigenvalue weighted by Crippen LogP contribution is 2.35. The van der Waals surface area contributed by atoms with Gasteiger partial charge in [0.2, 0.25) is 0 Å². The molecule has 25 heavy (non-hydrogen) atoms. The van der Waals surface area contributed by atoms with E-state index < -0.39 is 0 Å². The molecule has 2 aromatic carbocycles. The Labute approximate surface area is 155 Å². The third kappa shape index (κ3) is 3.39. The molecule has 0 atom stereocenters. The summed E-state index contributed by atoms with van der Waals surface area (Å²) in [4.78, 5) is 4.33. The van der Waals surface area contributed by atoms with Gasteiger partial charge < -0.3 is 10.5 Å². The SMILES string of the molecule is COc1cccc(-c2cc(-c3ccc(Cl)cc3Cl)nc(N)c2C#N)c1. The van der Waals surface area contributed by atoms with Gasteiger partial charge in [-0.3, -0.25) is 0 Å². The van der Waals surface area contributed by atoms with Gasteiger partial charge in [-0.15, -0.1) is 0 Å². The van der Waals surface area contributed by atoms with E-state index in [1.165, 1.54) is 0 Å². The highest BCUT2D eigenvalue weighted by atomic mass is 35.5. The maximum Gasteiger partial charge on any atom is 0.142 e. The number of rotatable bonds is 3. The number of hydrogen-bond acceptors (Lipinski definition) is 4. The number of pyridine rings is 1. The van der Waals surface area contributed by atoms with E-state index in [9.17, 15) is 5.26 Å². The van der Waals surface area contributed by atoms with Crippen LogP contribution < -0.4 is 10.5 Å². The first-order valence-corrected chi connectivity index (χ1v) is 8.09. The molecule has 1 heterocycles. The van der Waals surface area contributed by atoms with Gasteiger partial charge in [0.1, 0.15) is 23.2 Å². The van der Waals surface area contributed by atoms with Crippen molar-refractivity contribution in [3.63, 3.8) is 0 Å². The number of anilines is 1. The van der Waals surface area contributed by atoms with Crippen LogP contribution in [0.4, 0.5) is 5.82 Å². The number of hydrogen-bond donors (Lipinski definition) is 1. The molecule has 0 fully saturated rings. The molecule has 6 heteroatoms. The summed E-state index contributed by atoms with van der Waals surface area (Å²) < 4.78 is 5.26. The summed E-state index contributed by atoms with van der Waals surface area (Å²) in [5, 5.41) is 10.5. The Morgan fingerprint density at radius 1 is 1.08 bits per heavy atom. The van der Waals surface area contributed by atoms with Crippen molar-refractivity contribution in [3.8, 4) is 34.2 Å².